The van der Waals surface area contributed by atoms with Crippen LogP contribution in [0.15, 0.2) is 60.7 Å². The van der Waals surface area contributed by atoms with E-state index in [1.165, 1.54) is 12.1 Å². The zero-order valence-corrected chi connectivity index (χ0v) is 14.8. The number of halogens is 3. The van der Waals surface area contributed by atoms with E-state index in [1.807, 2.05) is 30.3 Å². The Bertz CT molecular complexity index is 1010. The molecule has 0 unspecified atom stereocenters. The number of hydrogen-bond donors (Lipinski definition) is 0. The SMILES string of the molecule is O=C(Cc1cccc(C(F)(F)F)c1)N1CC(Oc2ccc3ccccc3n2)C1. The van der Waals surface area contributed by atoms with E-state index in [9.17, 15) is 18.0 Å². The quantitative estimate of drug-likeness (QED) is 0.678. The van der Waals surface area contributed by atoms with Crippen molar-refractivity contribution in [3.8, 4) is 5.88 Å². The predicted molar refractivity (Wildman–Crippen MR) is 97.9 cm³/mol. The van der Waals surface area contributed by atoms with Crippen molar-refractivity contribution in [1.82, 2.24) is 9.88 Å². The lowest BCUT2D eigenvalue weighted by Crippen LogP contribution is -2.56. The number of nitrogens with zero attached hydrogens (tertiary/aromatic N) is 2. The first-order valence-corrected chi connectivity index (χ1v) is 8.85. The molecule has 7 heteroatoms. The molecule has 0 aliphatic carbocycles. The number of aromatic nitrogens is 1. The summed E-state index contributed by atoms with van der Waals surface area (Å²) >= 11 is 0. The number of amides is 1. The van der Waals surface area contributed by atoms with Crippen LogP contribution in [0.5, 0.6) is 5.88 Å². The van der Waals surface area contributed by atoms with Crippen LogP contribution in [0.4, 0.5) is 13.2 Å². The standard InChI is InChI=1S/C21H17F3N2O2/c22-21(23,24)16-6-3-4-14(10-16)11-20(27)26-12-17(13-26)28-19-9-8-15-5-1-2-7-18(15)25-19/h1-10,17H,11-13H2. The Morgan fingerprint density at radius 2 is 1.86 bits per heavy atom. The van der Waals surface area contributed by atoms with Crippen LogP contribution in [0, 0.1) is 0 Å². The molecule has 0 saturated carbocycles. The molecule has 2 heterocycles. The topological polar surface area (TPSA) is 42.4 Å². The summed E-state index contributed by atoms with van der Waals surface area (Å²) in [6.07, 6.45) is -4.65. The van der Waals surface area contributed by atoms with Crippen molar-refractivity contribution in [3.63, 3.8) is 0 Å². The number of hydrogen-bond acceptors (Lipinski definition) is 3. The summed E-state index contributed by atoms with van der Waals surface area (Å²) < 4.78 is 44.1. The Kier molecular flexibility index (Phi) is 4.66. The van der Waals surface area contributed by atoms with Gasteiger partial charge in [-0.3, -0.25) is 4.79 Å². The molecular formula is C21H17F3N2O2. The second kappa shape index (κ2) is 7.14. The Balaban J connectivity index is 1.32. The van der Waals surface area contributed by atoms with Crippen LogP contribution in [-0.4, -0.2) is 35.0 Å². The van der Waals surface area contributed by atoms with E-state index in [-0.39, 0.29) is 18.4 Å². The van der Waals surface area contributed by atoms with Crippen molar-refractivity contribution in [2.24, 2.45) is 0 Å². The minimum absolute atomic E-state index is 0.0646. The minimum Gasteiger partial charge on any atom is -0.471 e. The molecule has 1 amide bonds. The molecule has 4 nitrogen and oxygen atoms in total. The number of carbonyl (C=O) groups excluding carboxylic acids is 1. The molecule has 2 aromatic carbocycles. The smallest absolute Gasteiger partial charge is 0.416 e. The zero-order chi connectivity index (χ0) is 19.7. The average Bonchev–Trinajstić information content (AvgIpc) is 2.63. The molecule has 0 radical (unpaired) electrons. The highest BCUT2D eigenvalue weighted by atomic mass is 19.4. The van der Waals surface area contributed by atoms with Crippen LogP contribution in [0.2, 0.25) is 0 Å². The summed E-state index contributed by atoms with van der Waals surface area (Å²) in [4.78, 5) is 18.3. The maximum atomic E-state index is 12.8. The van der Waals surface area contributed by atoms with Gasteiger partial charge in [0, 0.05) is 11.5 Å². The van der Waals surface area contributed by atoms with Gasteiger partial charge in [-0.2, -0.15) is 13.2 Å². The van der Waals surface area contributed by atoms with Gasteiger partial charge in [0.15, 0.2) is 0 Å². The van der Waals surface area contributed by atoms with Gasteiger partial charge < -0.3 is 9.64 Å². The molecule has 0 N–H and O–H groups in total. The van der Waals surface area contributed by atoms with Gasteiger partial charge in [-0.15, -0.1) is 0 Å². The maximum absolute atomic E-state index is 12.8. The van der Waals surface area contributed by atoms with E-state index in [1.54, 1.807) is 11.0 Å². The van der Waals surface area contributed by atoms with Crippen LogP contribution in [0.1, 0.15) is 11.1 Å². The molecule has 1 fully saturated rings. The number of alkyl halides is 3. The molecule has 144 valence electrons. The van der Waals surface area contributed by atoms with E-state index in [0.29, 0.717) is 24.5 Å². The van der Waals surface area contributed by atoms with Gasteiger partial charge >= 0.3 is 6.18 Å². The second-order valence-electron chi connectivity index (χ2n) is 6.76. The van der Waals surface area contributed by atoms with E-state index >= 15 is 0 Å². The third-order valence-corrected chi connectivity index (χ3v) is 4.67. The average molecular weight is 386 g/mol. The molecule has 3 aromatic rings. The largest absolute Gasteiger partial charge is 0.471 e. The number of fused-ring (bicyclic) bond motifs is 1. The molecule has 0 bridgehead atoms. The first-order chi connectivity index (χ1) is 13.4. The van der Waals surface area contributed by atoms with Crippen molar-refractivity contribution in [2.75, 3.05) is 13.1 Å². The number of ether oxygens (including phenoxy) is 1. The molecule has 28 heavy (non-hydrogen) atoms. The van der Waals surface area contributed by atoms with Crippen molar-refractivity contribution < 1.29 is 22.7 Å². The van der Waals surface area contributed by atoms with E-state index in [2.05, 4.69) is 4.98 Å². The van der Waals surface area contributed by atoms with Crippen LogP contribution in [0.3, 0.4) is 0 Å². The van der Waals surface area contributed by atoms with Gasteiger partial charge in [0.25, 0.3) is 0 Å². The van der Waals surface area contributed by atoms with Crippen molar-refractivity contribution in [1.29, 1.82) is 0 Å². The van der Waals surface area contributed by atoms with Gasteiger partial charge in [-0.05, 0) is 23.8 Å². The van der Waals surface area contributed by atoms with Crippen molar-refractivity contribution >= 4 is 16.8 Å². The Hall–Kier alpha value is -3.09. The van der Waals surface area contributed by atoms with Gasteiger partial charge in [-0.1, -0.05) is 36.4 Å². The highest BCUT2D eigenvalue weighted by Gasteiger charge is 2.33. The fraction of sp³-hybridized carbons (Fsp3) is 0.238. The molecule has 0 spiro atoms. The third kappa shape index (κ3) is 3.93. The Morgan fingerprint density at radius 1 is 1.07 bits per heavy atom. The molecular weight excluding hydrogens is 369 g/mol. The Morgan fingerprint density at radius 3 is 2.64 bits per heavy atom. The monoisotopic (exact) mass is 386 g/mol. The number of carbonyl (C=O) groups is 1. The molecule has 1 aliphatic heterocycles. The summed E-state index contributed by atoms with van der Waals surface area (Å²) in [6, 6.07) is 16.3. The van der Waals surface area contributed by atoms with Crippen molar-refractivity contribution in [2.45, 2.75) is 18.7 Å². The summed E-state index contributed by atoms with van der Waals surface area (Å²) in [5.74, 6) is 0.277. The fourth-order valence-electron chi connectivity index (χ4n) is 3.14. The lowest BCUT2D eigenvalue weighted by Gasteiger charge is -2.38. The van der Waals surface area contributed by atoms with Crippen LogP contribution < -0.4 is 4.74 Å². The highest BCUT2D eigenvalue weighted by Crippen LogP contribution is 2.30. The lowest BCUT2D eigenvalue weighted by atomic mass is 10.1. The number of rotatable bonds is 4. The molecule has 1 saturated heterocycles. The van der Waals surface area contributed by atoms with Crippen LogP contribution >= 0.6 is 0 Å². The second-order valence-corrected chi connectivity index (χ2v) is 6.76. The summed E-state index contributed by atoms with van der Waals surface area (Å²) in [5.41, 5.74) is 0.433. The van der Waals surface area contributed by atoms with Gasteiger partial charge in [0.05, 0.1) is 30.6 Å². The first-order valence-electron chi connectivity index (χ1n) is 8.85. The number of benzene rings is 2. The van der Waals surface area contributed by atoms with E-state index < -0.39 is 11.7 Å². The molecule has 4 rings (SSSR count). The van der Waals surface area contributed by atoms with Crippen LogP contribution in [0.25, 0.3) is 10.9 Å². The Labute approximate surface area is 159 Å². The normalized spacial score (nSPS) is 14.8. The van der Waals surface area contributed by atoms with E-state index in [0.717, 1.165) is 23.0 Å². The highest BCUT2D eigenvalue weighted by molar-refractivity contribution is 5.80. The van der Waals surface area contributed by atoms with Gasteiger partial charge in [0.2, 0.25) is 11.8 Å². The number of pyridine rings is 1. The summed E-state index contributed by atoms with van der Waals surface area (Å²) in [7, 11) is 0. The number of likely N-dealkylation sites (tertiary alicyclic amines) is 1. The van der Waals surface area contributed by atoms with E-state index in [4.69, 9.17) is 4.74 Å². The molecule has 0 atom stereocenters. The van der Waals surface area contributed by atoms with Gasteiger partial charge in [-0.25, -0.2) is 4.98 Å². The lowest BCUT2D eigenvalue weighted by molar-refractivity contribution is -0.140. The number of para-hydroxylation sites is 1. The first kappa shape index (κ1) is 18.3. The molecule has 1 aromatic heterocycles. The third-order valence-electron chi connectivity index (χ3n) is 4.67. The fourth-order valence-corrected chi connectivity index (χ4v) is 3.14. The zero-order valence-electron chi connectivity index (χ0n) is 14.8. The summed E-state index contributed by atoms with van der Waals surface area (Å²) in [6.45, 7) is 0.790. The minimum atomic E-state index is -4.42. The van der Waals surface area contributed by atoms with Gasteiger partial charge in [0.1, 0.15) is 6.10 Å². The molecule has 1 aliphatic rings. The van der Waals surface area contributed by atoms with Crippen LogP contribution in [-0.2, 0) is 17.4 Å². The predicted octanol–water partition coefficient (Wildman–Crippen LogP) is 4.09. The summed E-state index contributed by atoms with van der Waals surface area (Å²) in [5, 5.41) is 1.02. The maximum Gasteiger partial charge on any atom is 0.416 e. The van der Waals surface area contributed by atoms with Crippen molar-refractivity contribution in [3.05, 3.63) is 71.8 Å².